The summed E-state index contributed by atoms with van der Waals surface area (Å²) in [6.07, 6.45) is 16.4. The highest BCUT2D eigenvalue weighted by Gasteiger charge is 2.49. The summed E-state index contributed by atoms with van der Waals surface area (Å²) < 4.78 is 40.4. The van der Waals surface area contributed by atoms with Gasteiger partial charge < -0.3 is 0 Å². The molecular formula is C54H60N12O6S6. The number of nitriles is 3. The fraction of sp³-hybridized carbons (Fsp3) is 0.556. The molecule has 9 heterocycles. The number of sulfone groups is 1. The number of nitrogens with zero attached hydrogens (tertiary/aromatic N) is 12. The Morgan fingerprint density at radius 3 is 1.21 bits per heavy atom. The van der Waals surface area contributed by atoms with Crippen LogP contribution in [-0.2, 0) is 37.3 Å². The van der Waals surface area contributed by atoms with E-state index >= 15 is 0 Å². The Kier molecular flexibility index (Phi) is 17.2. The number of Topliss-reactive ketones (excluding diaryl/α,β-unsaturated/α-hetero) is 3. The Labute approximate surface area is 472 Å². The topological polar surface area (TPSA) is 266 Å². The summed E-state index contributed by atoms with van der Waals surface area (Å²) >= 11 is 6.53. The highest BCUT2D eigenvalue weighted by Crippen LogP contribution is 2.46. The van der Waals surface area contributed by atoms with Crippen LogP contribution in [-0.4, -0.2) is 109 Å². The zero-order valence-corrected chi connectivity index (χ0v) is 47.9. The Morgan fingerprint density at radius 2 is 0.897 bits per heavy atom. The molecule has 6 aromatic heterocycles. The van der Waals surface area contributed by atoms with Crippen LogP contribution in [0.4, 0.5) is 0 Å². The predicted molar refractivity (Wildman–Crippen MR) is 299 cm³/mol. The summed E-state index contributed by atoms with van der Waals surface area (Å²) in [5, 5.41) is 65.1. The molecule has 3 aliphatic carbocycles. The number of thiophene rings is 3. The molecular weight excluding hydrogens is 1110 g/mol. The highest BCUT2D eigenvalue weighted by molar-refractivity contribution is 7.99. The molecule has 0 unspecified atom stereocenters. The normalized spacial score (nSPS) is 22.7. The monoisotopic (exact) mass is 1160 g/mol. The molecule has 6 aromatic rings. The van der Waals surface area contributed by atoms with Gasteiger partial charge in [0.15, 0.2) is 34.0 Å². The van der Waals surface area contributed by atoms with Gasteiger partial charge in [-0.15, -0.1) is 15.3 Å². The van der Waals surface area contributed by atoms with Crippen molar-refractivity contribution in [1.29, 1.82) is 15.8 Å². The van der Waals surface area contributed by atoms with Gasteiger partial charge in [-0.2, -0.15) is 61.6 Å². The fourth-order valence-corrected chi connectivity index (χ4v) is 16.9. The third kappa shape index (κ3) is 12.9. The van der Waals surface area contributed by atoms with Gasteiger partial charge in [-0.25, -0.2) is 22.5 Å². The van der Waals surface area contributed by atoms with E-state index in [1.807, 2.05) is 68.6 Å². The molecule has 3 saturated carbocycles. The van der Waals surface area contributed by atoms with E-state index in [1.165, 1.54) is 22.7 Å². The second kappa shape index (κ2) is 24.0. The van der Waals surface area contributed by atoms with Gasteiger partial charge in [0.1, 0.15) is 9.84 Å². The van der Waals surface area contributed by atoms with Gasteiger partial charge in [0, 0.05) is 92.2 Å². The Hall–Kier alpha value is -5.55. The van der Waals surface area contributed by atoms with Crippen LogP contribution in [0.25, 0.3) is 0 Å². The lowest BCUT2D eigenvalue weighted by Crippen LogP contribution is -2.28. The molecule has 78 heavy (non-hydrogen) atoms. The van der Waals surface area contributed by atoms with Crippen LogP contribution in [0.3, 0.4) is 0 Å². The second-order valence-corrected chi connectivity index (χ2v) is 29.1. The largest absolute Gasteiger partial charge is 0.294 e. The average molecular weight is 1170 g/mol. The second-order valence-electron chi connectivity index (χ2n) is 21.6. The zero-order chi connectivity index (χ0) is 54.5. The van der Waals surface area contributed by atoms with Crippen LogP contribution in [0.2, 0.25) is 0 Å². The van der Waals surface area contributed by atoms with Crippen molar-refractivity contribution < 1.29 is 27.0 Å². The lowest BCUT2D eigenvalue weighted by molar-refractivity contribution is 0.0954. The van der Waals surface area contributed by atoms with Crippen LogP contribution in [0, 0.1) is 51.7 Å². The Morgan fingerprint density at radius 1 is 0.564 bits per heavy atom. The van der Waals surface area contributed by atoms with Crippen LogP contribution in [0.15, 0.2) is 69.1 Å². The molecule has 6 aliphatic rings. The van der Waals surface area contributed by atoms with E-state index in [2.05, 4.69) is 49.1 Å². The highest BCUT2D eigenvalue weighted by atomic mass is 32.2. The van der Waals surface area contributed by atoms with Gasteiger partial charge in [-0.05, 0) is 141 Å². The molecule has 0 amide bonds. The van der Waals surface area contributed by atoms with Crippen molar-refractivity contribution in [3.8, 4) is 18.2 Å². The van der Waals surface area contributed by atoms with Crippen molar-refractivity contribution in [2.45, 2.75) is 131 Å². The first-order valence-electron chi connectivity index (χ1n) is 26.6. The minimum atomic E-state index is -2.98. The molecule has 0 spiro atoms. The first kappa shape index (κ1) is 55.8. The SMILES string of the molecule is N#CC1(n2cc([C@@H](CC(=O)c3ccsc3)C3CCS(=O)(=O)CC3)nn2)CC1.N#CC1(n2cc([C@@H](CC(=O)c3ccsc3)C3CCS(=O)CC3)nn2)CC1.N#CC1(n2cc([C@@H](CC(=O)c3ccsc3)C3CCSCC3)nn2)CC1. The van der Waals surface area contributed by atoms with Crippen molar-refractivity contribution in [3.05, 3.63) is 103 Å². The van der Waals surface area contributed by atoms with Crippen molar-refractivity contribution in [2.24, 2.45) is 17.8 Å². The Balaban J connectivity index is 0.000000132. The minimum Gasteiger partial charge on any atom is -0.294 e. The lowest BCUT2D eigenvalue weighted by atomic mass is 9.81. The molecule has 6 fully saturated rings. The molecule has 3 saturated heterocycles. The van der Waals surface area contributed by atoms with E-state index in [-0.39, 0.29) is 64.9 Å². The van der Waals surface area contributed by atoms with Crippen LogP contribution >= 0.6 is 45.8 Å². The van der Waals surface area contributed by atoms with E-state index in [9.17, 15) is 42.8 Å². The molecule has 3 aliphatic heterocycles. The summed E-state index contributed by atoms with van der Waals surface area (Å²) in [6, 6.07) is 12.5. The van der Waals surface area contributed by atoms with Crippen molar-refractivity contribution in [3.63, 3.8) is 0 Å². The summed E-state index contributed by atoms with van der Waals surface area (Å²) in [5.41, 5.74) is 2.93. The molecule has 24 heteroatoms. The smallest absolute Gasteiger partial charge is 0.164 e. The Bertz CT molecular complexity index is 3310. The summed E-state index contributed by atoms with van der Waals surface area (Å²) in [4.78, 5) is 38.1. The molecule has 0 aromatic carbocycles. The lowest BCUT2D eigenvalue weighted by Gasteiger charge is -2.28. The van der Waals surface area contributed by atoms with Crippen LogP contribution < -0.4 is 0 Å². The maximum atomic E-state index is 12.7. The van der Waals surface area contributed by atoms with Crippen molar-refractivity contribution in [2.75, 3.05) is 34.5 Å². The third-order valence-corrected chi connectivity index (χ3v) is 22.7. The van der Waals surface area contributed by atoms with E-state index in [0.29, 0.717) is 54.4 Å². The van der Waals surface area contributed by atoms with Gasteiger partial charge in [-0.1, -0.05) is 15.6 Å². The molecule has 0 bridgehead atoms. The minimum absolute atomic E-state index is 0.0330. The molecule has 0 radical (unpaired) electrons. The van der Waals surface area contributed by atoms with Gasteiger partial charge >= 0.3 is 0 Å². The molecule has 0 N–H and O–H groups in total. The average Bonchev–Trinajstić information content (AvgIpc) is 4.28. The number of aromatic nitrogens is 9. The fourth-order valence-electron chi connectivity index (χ4n) is 10.9. The number of carbonyl (C=O) groups is 3. The predicted octanol–water partition coefficient (Wildman–Crippen LogP) is 9.25. The zero-order valence-electron chi connectivity index (χ0n) is 43.0. The summed E-state index contributed by atoms with van der Waals surface area (Å²) in [6.45, 7) is 0. The number of rotatable bonds is 18. The van der Waals surface area contributed by atoms with Gasteiger partial charge in [0.05, 0.1) is 65.4 Å². The quantitative estimate of drug-likeness (QED) is 0.0725. The van der Waals surface area contributed by atoms with Crippen molar-refractivity contribution in [1.82, 2.24) is 45.0 Å². The number of ketones is 3. The maximum absolute atomic E-state index is 12.7. The van der Waals surface area contributed by atoms with Gasteiger partial charge in [0.2, 0.25) is 0 Å². The standard InChI is InChI=1S/C18H20N4O3S2.C18H20N4O2S2.C18H20N4OS2/c19-12-18(4-5-18)22-10-16(20-21-22)15(9-17(23)14-1-6-26-11-14)13-2-7-27(24,25)8-3-13;19-12-18(4-5-18)22-10-16(20-21-22)15(13-2-7-26(24)8-3-13)9-17(23)14-1-6-25-11-14;19-12-18(4-5-18)22-10-16(20-21-22)15(13-1-6-24-7-2-13)9-17(23)14-3-8-25-11-14/h1,6,10-11,13,15H,2-5,7-9H2;1,6,10-11,13,15H,2-5,7-9H2;3,8,10-11,13,15H,1-2,4-7,9H2/t15-;13?,15-,26?;15-/m000/s1. The van der Waals surface area contributed by atoms with Crippen LogP contribution in [0.1, 0.15) is 162 Å². The summed E-state index contributed by atoms with van der Waals surface area (Å²) in [5.74, 6) is 4.96. The van der Waals surface area contributed by atoms with Crippen molar-refractivity contribution >= 4 is 83.8 Å². The van der Waals surface area contributed by atoms with Gasteiger partial charge in [-0.3, -0.25) is 18.6 Å². The molecule has 12 rings (SSSR count). The van der Waals surface area contributed by atoms with E-state index in [4.69, 9.17) is 0 Å². The van der Waals surface area contributed by atoms with Crippen LogP contribution in [0.5, 0.6) is 0 Å². The maximum Gasteiger partial charge on any atom is 0.164 e. The first-order valence-corrected chi connectivity index (χ1v) is 33.9. The van der Waals surface area contributed by atoms with E-state index < -0.39 is 37.3 Å². The first-order chi connectivity index (χ1) is 37.7. The number of thioether (sulfide) groups is 1. The number of hydrogen-bond donors (Lipinski definition) is 0. The third-order valence-electron chi connectivity index (χ3n) is 16.5. The molecule has 3 atom stereocenters. The molecule has 408 valence electrons. The summed E-state index contributed by atoms with van der Waals surface area (Å²) in [7, 11) is -3.73. The van der Waals surface area contributed by atoms with E-state index in [0.717, 1.165) is 98.2 Å². The number of hydrogen-bond acceptors (Lipinski definition) is 19. The van der Waals surface area contributed by atoms with E-state index in [1.54, 1.807) is 37.6 Å². The van der Waals surface area contributed by atoms with Gasteiger partial charge in [0.25, 0.3) is 0 Å². The molecule has 18 nitrogen and oxygen atoms in total. The number of carbonyl (C=O) groups excluding carboxylic acids is 3.